The molecule has 2 fully saturated rings. The van der Waals surface area contributed by atoms with Gasteiger partial charge in [-0.25, -0.2) is 5.43 Å². The Kier molecular flexibility index (Phi) is 4.38. The van der Waals surface area contributed by atoms with Crippen LogP contribution in [-0.4, -0.2) is 23.3 Å². The van der Waals surface area contributed by atoms with Crippen molar-refractivity contribution in [3.05, 3.63) is 29.8 Å². The number of aliphatic hydroxyl groups excluding tert-OH is 1. The Balaban J connectivity index is 1.56. The largest absolute Gasteiger partial charge is 0.484 e. The molecule has 2 atom stereocenters. The van der Waals surface area contributed by atoms with Crippen LogP contribution in [-0.2, 0) is 11.4 Å². The van der Waals surface area contributed by atoms with E-state index in [4.69, 9.17) is 9.84 Å². The quantitative estimate of drug-likeness (QED) is 0.816. The monoisotopic (exact) mass is 330 g/mol. The minimum atomic E-state index is -0.263. The van der Waals surface area contributed by atoms with Crippen LogP contribution in [0.3, 0.4) is 0 Å². The van der Waals surface area contributed by atoms with E-state index in [2.05, 4.69) is 31.3 Å². The summed E-state index contributed by atoms with van der Waals surface area (Å²) in [5.41, 5.74) is 4.84. The average Bonchev–Trinajstić information content (AvgIpc) is 2.91. The second-order valence-electron chi connectivity index (χ2n) is 7.68. The molecule has 24 heavy (non-hydrogen) atoms. The highest BCUT2D eigenvalue weighted by Crippen LogP contribution is 2.63. The molecule has 2 N–H and O–H groups in total. The van der Waals surface area contributed by atoms with E-state index in [-0.39, 0.29) is 30.0 Å². The van der Waals surface area contributed by atoms with Crippen molar-refractivity contribution in [3.8, 4) is 5.75 Å². The van der Waals surface area contributed by atoms with E-state index in [1.54, 1.807) is 24.3 Å². The summed E-state index contributed by atoms with van der Waals surface area (Å²) in [6.07, 6.45) is 3.37. The van der Waals surface area contributed by atoms with Crippen LogP contribution in [0.15, 0.2) is 29.4 Å². The van der Waals surface area contributed by atoms with Crippen LogP contribution < -0.4 is 10.2 Å². The zero-order valence-electron chi connectivity index (χ0n) is 14.6. The van der Waals surface area contributed by atoms with Crippen LogP contribution in [0.25, 0.3) is 0 Å². The molecule has 2 aliphatic rings. The first-order chi connectivity index (χ1) is 11.4. The summed E-state index contributed by atoms with van der Waals surface area (Å²) >= 11 is 0. The number of aliphatic hydroxyl groups is 1. The number of hydrogen-bond acceptors (Lipinski definition) is 4. The number of amides is 1. The van der Waals surface area contributed by atoms with Crippen molar-refractivity contribution in [1.82, 2.24) is 5.43 Å². The number of hydrogen-bond donors (Lipinski definition) is 2. The van der Waals surface area contributed by atoms with Gasteiger partial charge >= 0.3 is 0 Å². The number of benzene rings is 1. The second kappa shape index (κ2) is 6.20. The summed E-state index contributed by atoms with van der Waals surface area (Å²) in [6.45, 7) is 6.75. The molecule has 5 heteroatoms. The number of nitrogens with zero attached hydrogens (tertiary/aromatic N) is 1. The van der Waals surface area contributed by atoms with Gasteiger partial charge in [-0.05, 0) is 48.3 Å². The molecule has 0 heterocycles. The van der Waals surface area contributed by atoms with E-state index in [1.807, 2.05) is 0 Å². The van der Waals surface area contributed by atoms with Crippen molar-refractivity contribution < 1.29 is 14.6 Å². The summed E-state index contributed by atoms with van der Waals surface area (Å²) in [4.78, 5) is 12.0. The van der Waals surface area contributed by atoms with Crippen LogP contribution in [0, 0.1) is 16.7 Å². The normalized spacial score (nSPS) is 29.0. The van der Waals surface area contributed by atoms with Crippen molar-refractivity contribution in [3.63, 3.8) is 0 Å². The summed E-state index contributed by atoms with van der Waals surface area (Å²) < 4.78 is 5.46. The Morgan fingerprint density at radius 3 is 2.83 bits per heavy atom. The number of ether oxygens (including phenoxy) is 1. The summed E-state index contributed by atoms with van der Waals surface area (Å²) in [6, 6.07) is 7.07. The van der Waals surface area contributed by atoms with Gasteiger partial charge in [-0.1, -0.05) is 32.9 Å². The molecule has 0 aromatic heterocycles. The third-order valence-electron chi connectivity index (χ3n) is 6.28. The molecule has 0 aliphatic heterocycles. The second-order valence-corrected chi connectivity index (χ2v) is 7.68. The highest BCUT2D eigenvalue weighted by Gasteiger charge is 2.59. The van der Waals surface area contributed by atoms with Gasteiger partial charge in [-0.3, -0.25) is 4.79 Å². The standard InChI is InChI=1S/C19H26N2O3/c1-18(2)14-7-8-19(18,3)16(10-14)20-21-17(23)12-24-15-6-4-5-13(9-15)11-22/h4-6,9,14,22H,7-8,10-12H2,1-3H3,(H,21,23)/b20-16+. The van der Waals surface area contributed by atoms with Gasteiger partial charge in [-0.2, -0.15) is 5.10 Å². The molecule has 0 spiro atoms. The number of nitrogens with one attached hydrogen (secondary N) is 1. The van der Waals surface area contributed by atoms with E-state index in [0.717, 1.165) is 24.1 Å². The average molecular weight is 330 g/mol. The van der Waals surface area contributed by atoms with Gasteiger partial charge < -0.3 is 9.84 Å². The number of carbonyl (C=O) groups is 1. The molecule has 0 saturated heterocycles. The summed E-state index contributed by atoms with van der Waals surface area (Å²) in [5.74, 6) is 0.967. The lowest BCUT2D eigenvalue weighted by atomic mass is 9.70. The highest BCUT2D eigenvalue weighted by atomic mass is 16.5. The number of rotatable bonds is 5. The molecular formula is C19H26N2O3. The predicted octanol–water partition coefficient (Wildman–Crippen LogP) is 2.88. The van der Waals surface area contributed by atoms with E-state index in [1.165, 1.54) is 6.42 Å². The smallest absolute Gasteiger partial charge is 0.277 e. The van der Waals surface area contributed by atoms with Crippen LogP contribution in [0.1, 0.15) is 45.6 Å². The van der Waals surface area contributed by atoms with Gasteiger partial charge in [0.05, 0.1) is 6.61 Å². The third kappa shape index (κ3) is 2.81. The molecule has 1 aromatic rings. The molecule has 2 saturated carbocycles. The first kappa shape index (κ1) is 17.0. The van der Waals surface area contributed by atoms with E-state index in [0.29, 0.717) is 11.7 Å². The third-order valence-corrected chi connectivity index (χ3v) is 6.28. The molecule has 1 amide bonds. The SMILES string of the molecule is CC12CCC(C/C1=N\NC(=O)COc1cccc(CO)c1)C2(C)C. The van der Waals surface area contributed by atoms with Gasteiger partial charge in [0.25, 0.3) is 5.91 Å². The minimum Gasteiger partial charge on any atom is -0.484 e. The maximum Gasteiger partial charge on any atom is 0.277 e. The summed E-state index contributed by atoms with van der Waals surface area (Å²) in [7, 11) is 0. The van der Waals surface area contributed by atoms with E-state index in [9.17, 15) is 4.79 Å². The Labute approximate surface area is 143 Å². The van der Waals surface area contributed by atoms with Crippen LogP contribution in [0.2, 0.25) is 0 Å². The first-order valence-corrected chi connectivity index (χ1v) is 8.55. The zero-order valence-corrected chi connectivity index (χ0v) is 14.6. The Morgan fingerprint density at radius 2 is 2.21 bits per heavy atom. The van der Waals surface area contributed by atoms with Gasteiger partial charge in [0.1, 0.15) is 5.75 Å². The van der Waals surface area contributed by atoms with Crippen molar-refractivity contribution in [2.75, 3.05) is 6.61 Å². The Bertz CT molecular complexity index is 668. The minimum absolute atomic E-state index is 0.0490. The lowest BCUT2D eigenvalue weighted by molar-refractivity contribution is -0.123. The Hall–Kier alpha value is -1.88. The zero-order chi connectivity index (χ0) is 17.4. The lowest BCUT2D eigenvalue weighted by Gasteiger charge is -2.34. The fourth-order valence-electron chi connectivity index (χ4n) is 4.14. The number of carbonyl (C=O) groups excluding carboxylic acids is 1. The molecular weight excluding hydrogens is 304 g/mol. The van der Waals surface area contributed by atoms with Gasteiger partial charge in [0.2, 0.25) is 0 Å². The van der Waals surface area contributed by atoms with Crippen molar-refractivity contribution in [2.45, 2.75) is 46.6 Å². The van der Waals surface area contributed by atoms with Crippen LogP contribution in [0.4, 0.5) is 0 Å². The first-order valence-electron chi connectivity index (χ1n) is 8.55. The topological polar surface area (TPSA) is 70.9 Å². The van der Waals surface area contributed by atoms with Gasteiger partial charge in [0.15, 0.2) is 6.61 Å². The molecule has 2 aliphatic carbocycles. The fraction of sp³-hybridized carbons (Fsp3) is 0.579. The number of fused-ring (bicyclic) bond motifs is 2. The molecule has 3 rings (SSSR count). The van der Waals surface area contributed by atoms with Crippen LogP contribution in [0.5, 0.6) is 5.75 Å². The molecule has 2 unspecified atom stereocenters. The Morgan fingerprint density at radius 1 is 1.42 bits per heavy atom. The van der Waals surface area contributed by atoms with Gasteiger partial charge in [-0.15, -0.1) is 0 Å². The fourth-order valence-corrected chi connectivity index (χ4v) is 4.14. The van der Waals surface area contributed by atoms with Crippen molar-refractivity contribution in [1.29, 1.82) is 0 Å². The molecule has 5 nitrogen and oxygen atoms in total. The molecule has 0 radical (unpaired) electrons. The van der Waals surface area contributed by atoms with Crippen LogP contribution >= 0.6 is 0 Å². The lowest BCUT2D eigenvalue weighted by Crippen LogP contribution is -2.35. The molecule has 1 aromatic carbocycles. The summed E-state index contributed by atoms with van der Waals surface area (Å²) in [5, 5.41) is 13.5. The van der Waals surface area contributed by atoms with Crippen molar-refractivity contribution >= 4 is 11.6 Å². The molecule has 2 bridgehead atoms. The highest BCUT2D eigenvalue weighted by molar-refractivity contribution is 5.95. The van der Waals surface area contributed by atoms with E-state index < -0.39 is 0 Å². The van der Waals surface area contributed by atoms with Crippen molar-refractivity contribution in [2.24, 2.45) is 21.8 Å². The van der Waals surface area contributed by atoms with E-state index >= 15 is 0 Å². The number of hydrazone groups is 1. The maximum atomic E-state index is 12.0. The predicted molar refractivity (Wildman–Crippen MR) is 92.7 cm³/mol. The van der Waals surface area contributed by atoms with Gasteiger partial charge in [0, 0.05) is 11.1 Å². The maximum absolute atomic E-state index is 12.0. The molecule has 130 valence electrons.